The van der Waals surface area contributed by atoms with Crippen molar-refractivity contribution in [1.29, 1.82) is 0 Å². The smallest absolute Gasteiger partial charge is 0.127 e. The van der Waals surface area contributed by atoms with Crippen molar-refractivity contribution in [3.05, 3.63) is 52.6 Å². The fourth-order valence-electron chi connectivity index (χ4n) is 2.22. The van der Waals surface area contributed by atoms with Crippen LogP contribution in [0.2, 0.25) is 5.02 Å². The molecule has 0 radical (unpaired) electrons. The molecule has 0 saturated carbocycles. The maximum absolute atomic E-state index is 13.9. The lowest BCUT2D eigenvalue weighted by atomic mass is 10.0. The molecule has 2 aromatic rings. The van der Waals surface area contributed by atoms with Crippen LogP contribution in [0.5, 0.6) is 0 Å². The molecule has 20 heavy (non-hydrogen) atoms. The summed E-state index contributed by atoms with van der Waals surface area (Å²) < 4.78 is 15.8. The van der Waals surface area contributed by atoms with Crippen molar-refractivity contribution in [3.63, 3.8) is 0 Å². The van der Waals surface area contributed by atoms with Crippen LogP contribution in [0.15, 0.2) is 30.6 Å². The molecule has 0 spiro atoms. The van der Waals surface area contributed by atoms with Gasteiger partial charge in [-0.15, -0.1) is 0 Å². The molecule has 0 aliphatic carbocycles. The average Bonchev–Trinajstić information content (AvgIpc) is 2.90. The van der Waals surface area contributed by atoms with Gasteiger partial charge in [-0.25, -0.2) is 4.39 Å². The van der Waals surface area contributed by atoms with E-state index in [0.29, 0.717) is 17.0 Å². The molecule has 1 atom stereocenters. The Morgan fingerprint density at radius 1 is 1.40 bits per heavy atom. The lowest BCUT2D eigenvalue weighted by Crippen LogP contribution is -2.23. The molecule has 1 aromatic heterocycles. The average molecular weight is 296 g/mol. The number of aromatic nitrogens is 2. The fourth-order valence-corrected chi connectivity index (χ4v) is 2.46. The summed E-state index contributed by atoms with van der Waals surface area (Å²) in [5.41, 5.74) is 1.59. The lowest BCUT2D eigenvalue weighted by Gasteiger charge is -2.17. The zero-order chi connectivity index (χ0) is 14.5. The maximum Gasteiger partial charge on any atom is 0.127 e. The van der Waals surface area contributed by atoms with Gasteiger partial charge in [0.2, 0.25) is 0 Å². The van der Waals surface area contributed by atoms with E-state index in [1.165, 1.54) is 6.07 Å². The molecule has 108 valence electrons. The number of halogens is 2. The van der Waals surface area contributed by atoms with Crippen molar-refractivity contribution in [1.82, 2.24) is 15.1 Å². The highest BCUT2D eigenvalue weighted by atomic mass is 35.5. The molecule has 0 bridgehead atoms. The van der Waals surface area contributed by atoms with Crippen molar-refractivity contribution >= 4 is 11.6 Å². The van der Waals surface area contributed by atoms with Crippen LogP contribution < -0.4 is 5.32 Å². The van der Waals surface area contributed by atoms with Gasteiger partial charge in [-0.1, -0.05) is 24.6 Å². The zero-order valence-corrected chi connectivity index (χ0v) is 12.5. The molecule has 1 N–H and O–H groups in total. The quantitative estimate of drug-likeness (QED) is 0.882. The van der Waals surface area contributed by atoms with E-state index in [2.05, 4.69) is 10.4 Å². The van der Waals surface area contributed by atoms with Crippen LogP contribution in [-0.4, -0.2) is 16.3 Å². The summed E-state index contributed by atoms with van der Waals surface area (Å²) in [5.74, 6) is -0.261. The van der Waals surface area contributed by atoms with Gasteiger partial charge in [0.15, 0.2) is 0 Å². The Morgan fingerprint density at radius 2 is 2.20 bits per heavy atom. The Hall–Kier alpha value is -1.39. The van der Waals surface area contributed by atoms with Crippen molar-refractivity contribution in [2.45, 2.75) is 32.9 Å². The molecule has 0 aliphatic rings. The third-order valence-electron chi connectivity index (χ3n) is 3.30. The molecule has 3 nitrogen and oxygen atoms in total. The molecule has 0 aliphatic heterocycles. The monoisotopic (exact) mass is 295 g/mol. The number of aryl methyl sites for hydroxylation is 1. The lowest BCUT2D eigenvalue weighted by molar-refractivity contribution is 0.527. The SMILES string of the molecule is CCNC(Cc1c(F)cccc1Cl)c1cnn(CC)c1. The van der Waals surface area contributed by atoms with Gasteiger partial charge >= 0.3 is 0 Å². The fraction of sp³-hybridized carbons (Fsp3) is 0.400. The highest BCUT2D eigenvalue weighted by Gasteiger charge is 2.17. The number of nitrogens with zero attached hydrogens (tertiary/aromatic N) is 2. The molecule has 1 unspecified atom stereocenters. The number of hydrogen-bond acceptors (Lipinski definition) is 2. The molecule has 1 aromatic carbocycles. The Labute approximate surface area is 123 Å². The summed E-state index contributed by atoms with van der Waals surface area (Å²) in [5, 5.41) is 8.10. The number of hydrogen-bond donors (Lipinski definition) is 1. The van der Waals surface area contributed by atoms with Crippen LogP contribution in [-0.2, 0) is 13.0 Å². The second-order valence-electron chi connectivity index (χ2n) is 4.64. The zero-order valence-electron chi connectivity index (χ0n) is 11.7. The molecular formula is C15H19ClFN3. The van der Waals surface area contributed by atoms with Crippen LogP contribution >= 0.6 is 11.6 Å². The van der Waals surface area contributed by atoms with Gasteiger partial charge in [-0.2, -0.15) is 5.10 Å². The number of benzene rings is 1. The van der Waals surface area contributed by atoms with E-state index in [9.17, 15) is 4.39 Å². The van der Waals surface area contributed by atoms with Crippen molar-refractivity contribution < 1.29 is 4.39 Å². The van der Waals surface area contributed by atoms with Crippen molar-refractivity contribution in [2.24, 2.45) is 0 Å². The number of likely N-dealkylation sites (N-methyl/N-ethyl adjacent to an activating group) is 1. The summed E-state index contributed by atoms with van der Waals surface area (Å²) in [6.45, 7) is 5.68. The standard InChI is InChI=1S/C15H19ClFN3/c1-3-18-15(11-9-19-20(4-2)10-11)8-12-13(16)6-5-7-14(12)17/h5-7,9-10,15,18H,3-4,8H2,1-2H3. The molecule has 5 heteroatoms. The number of rotatable bonds is 6. The first-order valence-electron chi connectivity index (χ1n) is 6.84. The van der Waals surface area contributed by atoms with E-state index in [1.807, 2.05) is 30.9 Å². The molecular weight excluding hydrogens is 277 g/mol. The minimum Gasteiger partial charge on any atom is -0.310 e. The summed E-state index contributed by atoms with van der Waals surface area (Å²) in [6.07, 6.45) is 4.32. The largest absolute Gasteiger partial charge is 0.310 e. The van der Waals surface area contributed by atoms with E-state index in [1.54, 1.807) is 12.1 Å². The summed E-state index contributed by atoms with van der Waals surface area (Å²) in [7, 11) is 0. The minimum atomic E-state index is -0.261. The molecule has 0 amide bonds. The normalized spacial score (nSPS) is 12.6. The third kappa shape index (κ3) is 3.38. The first-order chi connectivity index (χ1) is 9.65. The minimum absolute atomic E-state index is 0.00898. The summed E-state index contributed by atoms with van der Waals surface area (Å²) >= 11 is 6.11. The highest BCUT2D eigenvalue weighted by Crippen LogP contribution is 2.25. The number of nitrogens with one attached hydrogen (secondary N) is 1. The Balaban J connectivity index is 2.25. The first-order valence-corrected chi connectivity index (χ1v) is 7.22. The summed E-state index contributed by atoms with van der Waals surface area (Å²) in [4.78, 5) is 0. The Kier molecular flexibility index (Phi) is 5.15. The second kappa shape index (κ2) is 6.86. The van der Waals surface area contributed by atoms with Crippen LogP contribution in [0.3, 0.4) is 0 Å². The van der Waals surface area contributed by atoms with Gasteiger partial charge in [0, 0.05) is 34.9 Å². The van der Waals surface area contributed by atoms with E-state index < -0.39 is 0 Å². The molecule has 2 rings (SSSR count). The second-order valence-corrected chi connectivity index (χ2v) is 5.05. The highest BCUT2D eigenvalue weighted by molar-refractivity contribution is 6.31. The van der Waals surface area contributed by atoms with Gasteiger partial charge in [-0.05, 0) is 32.0 Å². The van der Waals surface area contributed by atoms with E-state index in [-0.39, 0.29) is 11.9 Å². The van der Waals surface area contributed by atoms with Gasteiger partial charge in [0.25, 0.3) is 0 Å². The van der Waals surface area contributed by atoms with Gasteiger partial charge in [0.05, 0.1) is 6.20 Å². The van der Waals surface area contributed by atoms with E-state index >= 15 is 0 Å². The van der Waals surface area contributed by atoms with Crippen molar-refractivity contribution in [2.75, 3.05) is 6.54 Å². The van der Waals surface area contributed by atoms with Gasteiger partial charge in [-0.3, -0.25) is 4.68 Å². The van der Waals surface area contributed by atoms with Crippen LogP contribution in [0, 0.1) is 5.82 Å². The Bertz CT molecular complexity index is 548. The first kappa shape index (κ1) is 15.0. The third-order valence-corrected chi connectivity index (χ3v) is 3.65. The molecule has 0 fully saturated rings. The Morgan fingerprint density at radius 3 is 2.80 bits per heavy atom. The van der Waals surface area contributed by atoms with Crippen LogP contribution in [0.1, 0.15) is 31.0 Å². The summed E-state index contributed by atoms with van der Waals surface area (Å²) in [6, 6.07) is 4.80. The molecule has 0 saturated heterocycles. The molecule has 1 heterocycles. The van der Waals surface area contributed by atoms with Crippen LogP contribution in [0.4, 0.5) is 4.39 Å². The maximum atomic E-state index is 13.9. The van der Waals surface area contributed by atoms with Crippen molar-refractivity contribution in [3.8, 4) is 0 Å². The topological polar surface area (TPSA) is 29.9 Å². The predicted molar refractivity (Wildman–Crippen MR) is 79.4 cm³/mol. The van der Waals surface area contributed by atoms with Gasteiger partial charge < -0.3 is 5.32 Å². The van der Waals surface area contributed by atoms with E-state index in [0.717, 1.165) is 18.7 Å². The van der Waals surface area contributed by atoms with E-state index in [4.69, 9.17) is 11.6 Å². The predicted octanol–water partition coefficient (Wildman–Crippen LogP) is 3.59. The van der Waals surface area contributed by atoms with Gasteiger partial charge in [0.1, 0.15) is 5.82 Å². The van der Waals surface area contributed by atoms with Crippen LogP contribution in [0.25, 0.3) is 0 Å².